The average molecular weight is 382 g/mol. The maximum Gasteiger partial charge on any atom is 0.261 e. The van der Waals surface area contributed by atoms with Crippen molar-refractivity contribution < 1.29 is 4.79 Å². The van der Waals surface area contributed by atoms with Crippen LogP contribution in [0.5, 0.6) is 0 Å². The Balaban J connectivity index is 1.76. The number of halogens is 1. The van der Waals surface area contributed by atoms with Crippen molar-refractivity contribution in [3.8, 4) is 0 Å². The van der Waals surface area contributed by atoms with E-state index in [1.165, 1.54) is 0 Å². The van der Waals surface area contributed by atoms with Gasteiger partial charge >= 0.3 is 0 Å². The maximum atomic E-state index is 13.0. The number of aryl methyl sites for hydroxylation is 2. The highest BCUT2D eigenvalue weighted by Gasteiger charge is 2.19. The highest BCUT2D eigenvalue weighted by molar-refractivity contribution is 6.31. The molecular weight excluding hydrogens is 362 g/mol. The highest BCUT2D eigenvalue weighted by atomic mass is 35.5. The predicted octanol–water partition coefficient (Wildman–Crippen LogP) is 3.97. The molecule has 0 radical (unpaired) electrons. The second-order valence-electron chi connectivity index (χ2n) is 6.97. The quantitative estimate of drug-likeness (QED) is 0.674. The first-order valence-electron chi connectivity index (χ1n) is 9.03. The van der Waals surface area contributed by atoms with Gasteiger partial charge in [-0.15, -0.1) is 0 Å². The molecule has 0 fully saturated rings. The van der Waals surface area contributed by atoms with Crippen LogP contribution in [0.2, 0.25) is 5.02 Å². The molecule has 0 aliphatic carbocycles. The summed E-state index contributed by atoms with van der Waals surface area (Å²) in [6.45, 7) is 2.65. The van der Waals surface area contributed by atoms with Crippen LogP contribution in [0.1, 0.15) is 34.6 Å². The summed E-state index contributed by atoms with van der Waals surface area (Å²) in [7, 11) is 1.72. The van der Waals surface area contributed by atoms with Crippen LogP contribution in [0.3, 0.4) is 0 Å². The first-order chi connectivity index (χ1) is 13.0. The van der Waals surface area contributed by atoms with Crippen LogP contribution in [0.25, 0.3) is 10.9 Å². The smallest absolute Gasteiger partial charge is 0.261 e. The lowest BCUT2D eigenvalue weighted by Gasteiger charge is -2.21. The highest BCUT2D eigenvalue weighted by Crippen LogP contribution is 2.25. The molecule has 1 amide bonds. The number of carbonyl (C=O) groups excluding carboxylic acids is 1. The van der Waals surface area contributed by atoms with Crippen molar-refractivity contribution in [1.82, 2.24) is 9.55 Å². The molecule has 0 saturated heterocycles. The third-order valence-corrected chi connectivity index (χ3v) is 5.39. The Hall–Kier alpha value is -2.66. The number of rotatable bonds is 2. The van der Waals surface area contributed by atoms with Crippen LogP contribution >= 0.6 is 11.6 Å². The minimum Gasteiger partial charge on any atom is -0.311 e. The largest absolute Gasteiger partial charge is 0.311 e. The minimum absolute atomic E-state index is 0.0206. The molecule has 1 aliphatic heterocycles. The Bertz CT molecular complexity index is 1120. The van der Waals surface area contributed by atoms with Gasteiger partial charge in [-0.25, -0.2) is 4.98 Å². The van der Waals surface area contributed by atoms with Crippen molar-refractivity contribution in [1.29, 1.82) is 0 Å². The predicted molar refractivity (Wildman–Crippen MR) is 108 cm³/mol. The molecule has 3 aromatic rings. The summed E-state index contributed by atoms with van der Waals surface area (Å²) in [6.07, 6.45) is 2.83. The molecule has 1 aromatic heterocycles. The fourth-order valence-corrected chi connectivity index (χ4v) is 3.79. The molecule has 0 N–H and O–H groups in total. The van der Waals surface area contributed by atoms with E-state index < -0.39 is 0 Å². The van der Waals surface area contributed by atoms with Gasteiger partial charge in [0, 0.05) is 36.3 Å². The molecule has 4 rings (SSSR count). The molecule has 0 atom stereocenters. The van der Waals surface area contributed by atoms with Crippen LogP contribution < -0.4 is 10.5 Å². The first-order valence-corrected chi connectivity index (χ1v) is 9.41. The molecule has 0 unspecified atom stereocenters. The van der Waals surface area contributed by atoms with Crippen LogP contribution in [0.15, 0.2) is 41.2 Å². The molecule has 0 saturated carbocycles. The van der Waals surface area contributed by atoms with Crippen molar-refractivity contribution in [2.75, 3.05) is 11.9 Å². The van der Waals surface area contributed by atoms with E-state index in [0.717, 1.165) is 36.3 Å². The number of anilines is 1. The molecule has 5 nitrogen and oxygen atoms in total. The molecule has 6 heteroatoms. The van der Waals surface area contributed by atoms with Crippen LogP contribution in [0, 0.1) is 6.92 Å². The van der Waals surface area contributed by atoms with Crippen LogP contribution in [-0.2, 0) is 13.0 Å². The second-order valence-corrected chi connectivity index (χ2v) is 7.41. The van der Waals surface area contributed by atoms with Crippen molar-refractivity contribution in [2.24, 2.45) is 0 Å². The fraction of sp³-hybridized carbons (Fsp3) is 0.286. The number of amides is 1. The van der Waals surface area contributed by atoms with E-state index in [1.807, 2.05) is 13.0 Å². The number of benzene rings is 2. The molecule has 2 heterocycles. The average Bonchev–Trinajstić information content (AvgIpc) is 2.68. The number of carbonyl (C=O) groups is 1. The summed E-state index contributed by atoms with van der Waals surface area (Å²) in [6, 6.07) is 10.6. The Kier molecular flexibility index (Phi) is 4.48. The monoisotopic (exact) mass is 381 g/mol. The van der Waals surface area contributed by atoms with E-state index in [0.29, 0.717) is 28.0 Å². The summed E-state index contributed by atoms with van der Waals surface area (Å²) in [5.41, 5.74) is 2.77. The zero-order valence-corrected chi connectivity index (χ0v) is 16.1. The Morgan fingerprint density at radius 3 is 2.81 bits per heavy atom. The van der Waals surface area contributed by atoms with Gasteiger partial charge in [0.1, 0.15) is 5.82 Å². The summed E-state index contributed by atoms with van der Waals surface area (Å²) in [5, 5.41) is 1.13. The van der Waals surface area contributed by atoms with E-state index >= 15 is 0 Å². The van der Waals surface area contributed by atoms with Gasteiger partial charge < -0.3 is 4.90 Å². The van der Waals surface area contributed by atoms with Gasteiger partial charge in [-0.05, 0) is 55.7 Å². The zero-order valence-electron chi connectivity index (χ0n) is 15.3. The Morgan fingerprint density at radius 2 is 2.00 bits per heavy atom. The van der Waals surface area contributed by atoms with E-state index in [-0.39, 0.29) is 11.5 Å². The van der Waals surface area contributed by atoms with Crippen molar-refractivity contribution in [2.45, 2.75) is 32.7 Å². The maximum absolute atomic E-state index is 13.0. The summed E-state index contributed by atoms with van der Waals surface area (Å²) < 4.78 is 1.76. The number of hydrogen-bond acceptors (Lipinski definition) is 3. The number of fused-ring (bicyclic) bond motifs is 2. The van der Waals surface area contributed by atoms with Gasteiger partial charge in [-0.1, -0.05) is 17.7 Å². The third-order valence-electron chi connectivity index (χ3n) is 5.15. The summed E-state index contributed by atoms with van der Waals surface area (Å²) in [4.78, 5) is 31.9. The van der Waals surface area contributed by atoms with Gasteiger partial charge in [-0.2, -0.15) is 0 Å². The van der Waals surface area contributed by atoms with Gasteiger partial charge in [0.15, 0.2) is 0 Å². The molecule has 2 aromatic carbocycles. The minimum atomic E-state index is -0.165. The van der Waals surface area contributed by atoms with Crippen molar-refractivity contribution in [3.63, 3.8) is 0 Å². The van der Waals surface area contributed by atoms with E-state index in [9.17, 15) is 9.59 Å². The Labute approximate surface area is 162 Å². The van der Waals surface area contributed by atoms with Gasteiger partial charge in [0.25, 0.3) is 11.5 Å². The van der Waals surface area contributed by atoms with E-state index in [4.69, 9.17) is 11.6 Å². The lowest BCUT2D eigenvalue weighted by Crippen LogP contribution is -2.29. The van der Waals surface area contributed by atoms with Gasteiger partial charge in [0.05, 0.1) is 10.9 Å². The first kappa shape index (κ1) is 17.7. The molecular formula is C21H20ClN3O2. The second kappa shape index (κ2) is 6.82. The van der Waals surface area contributed by atoms with Crippen LogP contribution in [-0.4, -0.2) is 22.5 Å². The van der Waals surface area contributed by atoms with Gasteiger partial charge in [0.2, 0.25) is 0 Å². The van der Waals surface area contributed by atoms with Crippen molar-refractivity contribution in [3.05, 3.63) is 68.7 Å². The number of aromatic nitrogens is 2. The summed E-state index contributed by atoms with van der Waals surface area (Å²) >= 11 is 6.09. The zero-order chi connectivity index (χ0) is 19.1. The van der Waals surface area contributed by atoms with E-state index in [1.54, 1.807) is 46.8 Å². The molecule has 0 spiro atoms. The third kappa shape index (κ3) is 3.12. The molecule has 138 valence electrons. The van der Waals surface area contributed by atoms with Crippen LogP contribution in [0.4, 0.5) is 5.69 Å². The fourth-order valence-electron chi connectivity index (χ4n) is 3.62. The number of nitrogens with zero attached hydrogens (tertiary/aromatic N) is 3. The summed E-state index contributed by atoms with van der Waals surface area (Å²) in [5.74, 6) is 0.643. The molecule has 0 bridgehead atoms. The standard InChI is InChI=1S/C21H20ClN3O2/c1-13-6-8-15(22)12-18(13)24(2)20(26)14-7-9-16-17(11-14)23-19-5-3-4-10-25(19)21(16)27/h6-9,11-12H,3-5,10H2,1-2H3. The molecule has 1 aliphatic rings. The van der Waals surface area contributed by atoms with E-state index in [2.05, 4.69) is 4.98 Å². The SMILES string of the molecule is Cc1ccc(Cl)cc1N(C)C(=O)c1ccc2c(=O)n3c(nc2c1)CCCC3. The van der Waals surface area contributed by atoms with Crippen molar-refractivity contribution >= 4 is 34.1 Å². The normalized spacial score (nSPS) is 13.4. The van der Waals surface area contributed by atoms with Gasteiger partial charge in [-0.3, -0.25) is 14.2 Å². The Morgan fingerprint density at radius 1 is 1.19 bits per heavy atom. The lowest BCUT2D eigenvalue weighted by molar-refractivity contribution is 0.0993. The topological polar surface area (TPSA) is 55.2 Å². The number of hydrogen-bond donors (Lipinski definition) is 0. The lowest BCUT2D eigenvalue weighted by atomic mass is 10.1. The molecule has 27 heavy (non-hydrogen) atoms.